The Hall–Kier alpha value is -10.8. The Bertz CT molecular complexity index is 5940. The van der Waals surface area contributed by atoms with Gasteiger partial charge < -0.3 is 69.4 Å². The minimum Gasteiger partial charge on any atom is -0.486 e. The molecule has 130 heavy (non-hydrogen) atoms. The lowest BCUT2D eigenvalue weighted by Gasteiger charge is -2.71. The molecule has 8 bridgehead atoms. The highest BCUT2D eigenvalue weighted by Gasteiger charge is 2.72. The SMILES string of the molecule is Cc1cc(OCC(=O)CC23CC(NC(=O)C4CNc5cc(Cl)ccc5O4)(C2)C3)ccc1Cl.Cc1ccc(OCC(=O)CC23CC(NC(=O)C4CN(C)c5cc(Cl)ccc5O4)(C2)C3)cc1F.Cc1ccc(OCC(=O)CC23CC(NC(=O)[C@@]4(C)Cc5cc(Cl)ccc5O4)(C2)C3)cc1F.Cc1ccc(OCC(=O)CC23CC(NC(=O)[C@@]4(C)Oc5ccc(Cl)cc5C4=O)(C2)C3)cc1F. The van der Waals surface area contributed by atoms with Gasteiger partial charge in [0.1, 0.15) is 89.9 Å². The maximum atomic E-state index is 13.6. The van der Waals surface area contributed by atoms with Gasteiger partial charge in [0.2, 0.25) is 11.4 Å². The molecule has 5 N–H and O–H groups in total. The predicted octanol–water partition coefficient (Wildman–Crippen LogP) is 17.4. The number of carbonyl (C=O) groups is 9. The number of anilines is 2. The number of aryl methyl sites for hydroxylation is 4. The quantitative estimate of drug-likeness (QED) is 0.0285. The first kappa shape index (κ1) is 91.1. The van der Waals surface area contributed by atoms with Crippen LogP contribution in [0.4, 0.5) is 24.5 Å². The van der Waals surface area contributed by atoms with Gasteiger partial charge in [-0.1, -0.05) is 76.2 Å². The summed E-state index contributed by atoms with van der Waals surface area (Å²) >= 11 is 30.1. The van der Waals surface area contributed by atoms with Crippen LogP contribution < -0.4 is 69.4 Å². The number of hydrogen-bond acceptors (Lipinski definition) is 19. The van der Waals surface area contributed by atoms with E-state index in [1.165, 1.54) is 31.2 Å². The normalized spacial score (nSPS) is 28.0. The van der Waals surface area contributed by atoms with E-state index in [2.05, 4.69) is 26.6 Å². The largest absolute Gasteiger partial charge is 0.486 e. The van der Waals surface area contributed by atoms with Crippen LogP contribution in [0.15, 0.2) is 146 Å². The van der Waals surface area contributed by atoms with Gasteiger partial charge in [0.05, 0.1) is 30.0 Å². The third-order valence-electron chi connectivity index (χ3n) is 27.6. The number of rotatable bonds is 28. The molecule has 0 spiro atoms. The number of hydrogen-bond donors (Lipinski definition) is 5. The maximum absolute atomic E-state index is 13.6. The van der Waals surface area contributed by atoms with Gasteiger partial charge in [0.15, 0.2) is 40.9 Å². The highest BCUT2D eigenvalue weighted by atomic mass is 35.5. The number of likely N-dealkylation sites (N-methyl/N-ethyl adjacent to an activating group) is 1. The summed E-state index contributed by atoms with van der Waals surface area (Å²) in [6.45, 7) is 10.8. The fraction of sp³-hybridized carbons (Fsp3) is 0.424. The van der Waals surface area contributed by atoms with Crippen molar-refractivity contribution < 1.29 is 94.2 Å². The summed E-state index contributed by atoms with van der Waals surface area (Å²) in [5.74, 6) is 1.61. The monoisotopic (exact) mass is 1870 g/mol. The smallest absolute Gasteiger partial charge is 0.272 e. The number of benzene rings is 8. The van der Waals surface area contributed by atoms with E-state index in [0.29, 0.717) is 158 Å². The van der Waals surface area contributed by atoms with Gasteiger partial charge in [0, 0.05) is 110 Å². The summed E-state index contributed by atoms with van der Waals surface area (Å²) in [6.07, 6.45) is 10.1. The molecule has 2 unspecified atom stereocenters. The van der Waals surface area contributed by atoms with Crippen LogP contribution >= 0.6 is 58.0 Å². The van der Waals surface area contributed by atoms with Crippen LogP contribution in [-0.2, 0) is 44.8 Å². The Kier molecular flexibility index (Phi) is 24.1. The second-order valence-corrected chi connectivity index (χ2v) is 41.0. The first-order valence-corrected chi connectivity index (χ1v) is 45.2. The number of Topliss-reactive ketones (excluding diaryl/α,β-unsaturated/α-hetero) is 5. The van der Waals surface area contributed by atoms with Crippen molar-refractivity contribution in [3.63, 3.8) is 0 Å². The van der Waals surface area contributed by atoms with Crippen LogP contribution in [-0.4, -0.2) is 145 Å². The molecule has 0 saturated heterocycles. The number of ether oxygens (including phenoxy) is 8. The minimum atomic E-state index is -1.64. The van der Waals surface area contributed by atoms with Crippen LogP contribution in [0.2, 0.25) is 25.1 Å². The highest BCUT2D eigenvalue weighted by molar-refractivity contribution is 6.33. The molecular formula is C99H98Cl5F3N6O17. The van der Waals surface area contributed by atoms with E-state index in [1.807, 2.05) is 37.1 Å². The Morgan fingerprint density at radius 1 is 0.431 bits per heavy atom. The second-order valence-electron chi connectivity index (χ2n) is 38.9. The summed E-state index contributed by atoms with van der Waals surface area (Å²) < 4.78 is 86.3. The Morgan fingerprint density at radius 2 is 0.815 bits per heavy atom. The Labute approximate surface area is 774 Å². The zero-order chi connectivity index (χ0) is 92.2. The number of nitrogens with one attached hydrogen (secondary N) is 5. The van der Waals surface area contributed by atoms with Gasteiger partial charge in [-0.2, -0.15) is 0 Å². The van der Waals surface area contributed by atoms with Crippen LogP contribution in [0, 0.1) is 66.8 Å². The van der Waals surface area contributed by atoms with E-state index in [4.69, 9.17) is 95.9 Å². The van der Waals surface area contributed by atoms with Crippen LogP contribution in [0.5, 0.6) is 46.0 Å². The average Bonchev–Trinajstić information content (AvgIpc) is 0.764. The van der Waals surface area contributed by atoms with Crippen molar-refractivity contribution >= 4 is 122 Å². The van der Waals surface area contributed by atoms with Gasteiger partial charge in [0.25, 0.3) is 23.6 Å². The van der Waals surface area contributed by atoms with Gasteiger partial charge in [-0.25, -0.2) is 13.2 Å². The van der Waals surface area contributed by atoms with Crippen LogP contribution in [0.1, 0.15) is 155 Å². The minimum absolute atomic E-state index is 0.00133. The number of fused-ring (bicyclic) bond motifs is 4. The third-order valence-corrected chi connectivity index (χ3v) is 29.0. The zero-order valence-corrected chi connectivity index (χ0v) is 76.5. The number of amides is 4. The lowest BCUT2D eigenvalue weighted by molar-refractivity contribution is -0.178. The molecule has 23 nitrogen and oxygen atoms in total. The van der Waals surface area contributed by atoms with Crippen molar-refractivity contribution in [3.05, 3.63) is 222 Å². The van der Waals surface area contributed by atoms with Crippen molar-refractivity contribution in [2.24, 2.45) is 21.7 Å². The molecule has 24 rings (SSSR count). The maximum Gasteiger partial charge on any atom is 0.272 e. The molecule has 31 heteroatoms. The fourth-order valence-corrected chi connectivity index (χ4v) is 22.6. The predicted molar refractivity (Wildman–Crippen MR) is 481 cm³/mol. The molecule has 8 aromatic carbocycles. The molecule has 4 aliphatic heterocycles. The molecule has 4 heterocycles. The highest BCUT2D eigenvalue weighted by Crippen LogP contribution is 2.72. The van der Waals surface area contributed by atoms with Crippen molar-refractivity contribution in [2.45, 2.75) is 196 Å². The first-order chi connectivity index (χ1) is 61.5. The van der Waals surface area contributed by atoms with Crippen LogP contribution in [0.3, 0.4) is 0 Å². The number of nitrogens with zero attached hydrogens (tertiary/aromatic N) is 1. The van der Waals surface area contributed by atoms with E-state index in [0.717, 1.165) is 80.3 Å². The van der Waals surface area contributed by atoms with E-state index >= 15 is 0 Å². The van der Waals surface area contributed by atoms with Crippen molar-refractivity contribution in [1.29, 1.82) is 0 Å². The summed E-state index contributed by atoms with van der Waals surface area (Å²) in [4.78, 5) is 116. The summed E-state index contributed by atoms with van der Waals surface area (Å²) in [5, 5.41) is 18.6. The molecule has 682 valence electrons. The van der Waals surface area contributed by atoms with Gasteiger partial charge >= 0.3 is 0 Å². The zero-order valence-electron chi connectivity index (χ0n) is 72.7. The van der Waals surface area contributed by atoms with Gasteiger partial charge in [-0.05, 0) is 272 Å². The molecule has 0 radical (unpaired) electrons. The Morgan fingerprint density at radius 3 is 1.28 bits per heavy atom. The average molecular weight is 1880 g/mol. The lowest BCUT2D eigenvalue weighted by Crippen LogP contribution is -2.76. The molecule has 0 aromatic heterocycles. The lowest BCUT2D eigenvalue weighted by atomic mass is 9.38. The van der Waals surface area contributed by atoms with Crippen LogP contribution in [0.25, 0.3) is 0 Å². The standard InChI is InChI=1S/C25H26ClFN2O4.C25H23ClFNO5.C25H25ClFNO4.C24H24Cl2N2O4/c1-15-3-5-18(8-19(15)27)32-11-17(30)9-24-12-25(13-24,14-24)28-23(31)22-10-29(2)20-7-16(26)4-6-21(20)33-22;1-14-3-5-17(8-19(14)27)32-10-16(29)9-24-11-25(12-24,13-24)28-22(31)23(2)21(30)18-7-15(26)4-6-20(18)33-23;1-15-3-5-19(8-20(15)27)31-11-18(29)10-24-12-25(13-24,14-24)28-22(30)23(2)9-16-7-17(26)4-6-21(16)32-23;1-14-6-17(3-4-18(14)26)31-10-16(29)8-23-11-24(12-23,13-23)28-22(30)21-9-27-19-7-15(25)2-5-20(19)32-21/h3-8,22H,9-14H2,1-2H3,(H,28,31);3-8H,9-13H2,1-2H3,(H,28,31);3-8H,9-14H2,1-2H3,(H,28,30);2-7,21,27H,8-13H2,1H3,(H,28,30)/t;2*23-,24?,25?;/m.01./s1. The van der Waals surface area contributed by atoms with E-state index in [-0.39, 0.29) is 123 Å². The number of halogens is 8. The molecule has 4 amide bonds. The molecule has 4 atom stereocenters. The molecule has 12 aliphatic carbocycles. The summed E-state index contributed by atoms with van der Waals surface area (Å²) in [6, 6.07) is 39.8. The molecule has 8 aromatic rings. The number of ketones is 5. The van der Waals surface area contributed by atoms with Crippen molar-refractivity contribution in [2.75, 3.05) is 56.8 Å². The first-order valence-electron chi connectivity index (χ1n) is 43.3. The van der Waals surface area contributed by atoms with E-state index < -0.39 is 40.6 Å². The molecule has 16 aliphatic rings. The summed E-state index contributed by atoms with van der Waals surface area (Å²) in [5.41, 5.74) is 1.46. The van der Waals surface area contributed by atoms with Crippen molar-refractivity contribution in [1.82, 2.24) is 21.3 Å². The van der Waals surface area contributed by atoms with Gasteiger partial charge in [-0.15, -0.1) is 0 Å². The molecular weight excluding hydrogens is 1780 g/mol. The van der Waals surface area contributed by atoms with E-state index in [1.54, 1.807) is 131 Å². The molecule has 12 fully saturated rings. The van der Waals surface area contributed by atoms with E-state index in [9.17, 15) is 56.3 Å². The van der Waals surface area contributed by atoms with Crippen molar-refractivity contribution in [3.8, 4) is 46.0 Å². The second kappa shape index (κ2) is 34.4. The topological polar surface area (TPSA) is 291 Å². The fourth-order valence-electron chi connectivity index (χ4n) is 21.8. The van der Waals surface area contributed by atoms with Gasteiger partial charge in [-0.3, -0.25) is 43.2 Å². The molecule has 12 saturated carbocycles. The Balaban J connectivity index is 0.000000121. The summed E-state index contributed by atoms with van der Waals surface area (Å²) in [7, 11) is 1.91. The number of carbonyl (C=O) groups excluding carboxylic acids is 9. The third kappa shape index (κ3) is 18.7.